The number of anilines is 1. The van der Waals surface area contributed by atoms with Crippen LogP contribution in [0.15, 0.2) is 24.3 Å². The maximum Gasteiger partial charge on any atom is 0.0560 e. The summed E-state index contributed by atoms with van der Waals surface area (Å²) in [5.41, 5.74) is 2.72. The molecule has 0 bridgehead atoms. The second-order valence-electron chi connectivity index (χ2n) is 4.41. The molecule has 0 aromatic heterocycles. The predicted octanol–water partition coefficient (Wildman–Crippen LogP) is 2.11. The van der Waals surface area contributed by atoms with Crippen molar-refractivity contribution in [2.45, 2.75) is 37.3 Å². The van der Waals surface area contributed by atoms with Gasteiger partial charge < -0.3 is 10.4 Å². The summed E-state index contributed by atoms with van der Waals surface area (Å²) in [5.74, 6) is 0.634. The molecule has 1 aromatic carbocycles. The van der Waals surface area contributed by atoms with Crippen LogP contribution >= 0.6 is 0 Å². The van der Waals surface area contributed by atoms with E-state index in [1.807, 2.05) is 0 Å². The van der Waals surface area contributed by atoms with E-state index in [4.69, 9.17) is 0 Å². The van der Waals surface area contributed by atoms with Crippen LogP contribution in [0, 0.1) is 0 Å². The highest BCUT2D eigenvalue weighted by molar-refractivity contribution is 5.59. The standard InChI is InChI=1S/C12H15NO/c14-8-5-6-10-9-3-1-2-4-11(9)13-12(10)7-8/h1-4,8,10,12-14H,5-7H2. The maximum absolute atomic E-state index is 9.60. The Morgan fingerprint density at radius 1 is 1.21 bits per heavy atom. The molecule has 74 valence electrons. The van der Waals surface area contributed by atoms with E-state index in [9.17, 15) is 5.11 Å². The average molecular weight is 189 g/mol. The number of hydrogen-bond acceptors (Lipinski definition) is 2. The van der Waals surface area contributed by atoms with Gasteiger partial charge in [-0.15, -0.1) is 0 Å². The Morgan fingerprint density at radius 2 is 2.07 bits per heavy atom. The molecule has 3 rings (SSSR count). The Kier molecular flexibility index (Phi) is 1.77. The first-order valence-corrected chi connectivity index (χ1v) is 5.38. The van der Waals surface area contributed by atoms with Gasteiger partial charge in [0.2, 0.25) is 0 Å². The number of benzene rings is 1. The highest BCUT2D eigenvalue weighted by Gasteiger charge is 2.36. The largest absolute Gasteiger partial charge is 0.393 e. The van der Waals surface area contributed by atoms with Gasteiger partial charge in [-0.3, -0.25) is 0 Å². The van der Waals surface area contributed by atoms with Gasteiger partial charge in [0.1, 0.15) is 0 Å². The average Bonchev–Trinajstić information content (AvgIpc) is 2.54. The summed E-state index contributed by atoms with van der Waals surface area (Å²) in [7, 11) is 0. The lowest BCUT2D eigenvalue weighted by atomic mass is 9.81. The number of hydrogen-bond donors (Lipinski definition) is 2. The molecule has 2 heteroatoms. The van der Waals surface area contributed by atoms with Gasteiger partial charge in [-0.2, -0.15) is 0 Å². The quantitative estimate of drug-likeness (QED) is 0.655. The van der Waals surface area contributed by atoms with Crippen molar-refractivity contribution >= 4 is 5.69 Å². The minimum atomic E-state index is -0.0990. The highest BCUT2D eigenvalue weighted by Crippen LogP contribution is 2.43. The Hall–Kier alpha value is -1.02. The summed E-state index contributed by atoms with van der Waals surface area (Å²) in [4.78, 5) is 0. The summed E-state index contributed by atoms with van der Waals surface area (Å²) in [5, 5.41) is 13.1. The molecule has 1 heterocycles. The molecule has 1 aromatic rings. The van der Waals surface area contributed by atoms with Crippen LogP contribution in [0.4, 0.5) is 5.69 Å². The van der Waals surface area contributed by atoms with E-state index in [-0.39, 0.29) is 6.10 Å². The van der Waals surface area contributed by atoms with Crippen molar-refractivity contribution in [2.24, 2.45) is 0 Å². The molecule has 0 saturated heterocycles. The van der Waals surface area contributed by atoms with Gasteiger partial charge in [-0.05, 0) is 30.9 Å². The molecule has 0 spiro atoms. The first-order chi connectivity index (χ1) is 6.84. The smallest absolute Gasteiger partial charge is 0.0560 e. The maximum atomic E-state index is 9.60. The number of nitrogens with one attached hydrogen (secondary N) is 1. The number of aliphatic hydroxyl groups excluding tert-OH is 1. The zero-order valence-electron chi connectivity index (χ0n) is 8.11. The third-order valence-electron chi connectivity index (χ3n) is 3.52. The zero-order chi connectivity index (χ0) is 9.54. The summed E-state index contributed by atoms with van der Waals surface area (Å²) in [6.45, 7) is 0. The summed E-state index contributed by atoms with van der Waals surface area (Å²) >= 11 is 0. The lowest BCUT2D eigenvalue weighted by molar-refractivity contribution is 0.118. The van der Waals surface area contributed by atoms with Crippen molar-refractivity contribution in [1.29, 1.82) is 0 Å². The third-order valence-corrected chi connectivity index (χ3v) is 3.52. The van der Waals surface area contributed by atoms with E-state index in [1.165, 1.54) is 11.3 Å². The fourth-order valence-corrected chi connectivity index (χ4v) is 2.83. The first kappa shape index (κ1) is 8.30. The van der Waals surface area contributed by atoms with Gasteiger partial charge in [0, 0.05) is 17.6 Å². The number of aliphatic hydroxyl groups is 1. The molecule has 3 unspecified atom stereocenters. The molecular formula is C12H15NO. The summed E-state index contributed by atoms with van der Waals surface area (Å²) < 4.78 is 0. The minimum absolute atomic E-state index is 0.0990. The molecule has 1 aliphatic carbocycles. The van der Waals surface area contributed by atoms with Gasteiger partial charge in [-0.1, -0.05) is 18.2 Å². The predicted molar refractivity (Wildman–Crippen MR) is 56.5 cm³/mol. The van der Waals surface area contributed by atoms with Crippen molar-refractivity contribution < 1.29 is 5.11 Å². The molecule has 0 radical (unpaired) electrons. The van der Waals surface area contributed by atoms with Gasteiger partial charge in [0.05, 0.1) is 6.10 Å². The number of para-hydroxylation sites is 1. The molecule has 0 amide bonds. The Balaban J connectivity index is 1.94. The van der Waals surface area contributed by atoms with E-state index in [0.29, 0.717) is 12.0 Å². The molecule has 1 fully saturated rings. The van der Waals surface area contributed by atoms with Gasteiger partial charge >= 0.3 is 0 Å². The SMILES string of the molecule is OC1CCC2c3ccccc3NC2C1. The lowest BCUT2D eigenvalue weighted by Crippen LogP contribution is -2.31. The van der Waals surface area contributed by atoms with Gasteiger partial charge in [0.25, 0.3) is 0 Å². The Morgan fingerprint density at radius 3 is 3.00 bits per heavy atom. The lowest BCUT2D eigenvalue weighted by Gasteiger charge is -2.29. The fraction of sp³-hybridized carbons (Fsp3) is 0.500. The summed E-state index contributed by atoms with van der Waals surface area (Å²) in [6.07, 6.45) is 2.88. The van der Waals surface area contributed by atoms with Gasteiger partial charge in [-0.25, -0.2) is 0 Å². The van der Waals surface area contributed by atoms with Crippen LogP contribution in [0.5, 0.6) is 0 Å². The van der Waals surface area contributed by atoms with Crippen LogP contribution < -0.4 is 5.32 Å². The third kappa shape index (κ3) is 1.14. The van der Waals surface area contributed by atoms with Crippen LogP contribution in [0.1, 0.15) is 30.7 Å². The van der Waals surface area contributed by atoms with Crippen LogP contribution in [-0.4, -0.2) is 17.3 Å². The molecule has 2 nitrogen and oxygen atoms in total. The summed E-state index contributed by atoms with van der Waals surface area (Å²) in [6, 6.07) is 8.99. The topological polar surface area (TPSA) is 32.3 Å². The van der Waals surface area contributed by atoms with Crippen LogP contribution in [0.25, 0.3) is 0 Å². The second kappa shape index (κ2) is 2.99. The van der Waals surface area contributed by atoms with E-state index in [1.54, 1.807) is 0 Å². The molecule has 2 N–H and O–H groups in total. The highest BCUT2D eigenvalue weighted by atomic mass is 16.3. The van der Waals surface area contributed by atoms with E-state index in [0.717, 1.165) is 19.3 Å². The number of rotatable bonds is 0. The van der Waals surface area contributed by atoms with Gasteiger partial charge in [0.15, 0.2) is 0 Å². The zero-order valence-corrected chi connectivity index (χ0v) is 8.11. The second-order valence-corrected chi connectivity index (χ2v) is 4.41. The molecule has 1 saturated carbocycles. The molecule has 14 heavy (non-hydrogen) atoms. The van der Waals surface area contributed by atoms with E-state index < -0.39 is 0 Å². The normalized spacial score (nSPS) is 34.5. The minimum Gasteiger partial charge on any atom is -0.393 e. The molecule has 1 aliphatic heterocycles. The monoisotopic (exact) mass is 189 g/mol. The van der Waals surface area contributed by atoms with Crippen LogP contribution in [0.3, 0.4) is 0 Å². The van der Waals surface area contributed by atoms with Crippen molar-refractivity contribution in [1.82, 2.24) is 0 Å². The van der Waals surface area contributed by atoms with Crippen LogP contribution in [-0.2, 0) is 0 Å². The first-order valence-electron chi connectivity index (χ1n) is 5.38. The van der Waals surface area contributed by atoms with Crippen LogP contribution in [0.2, 0.25) is 0 Å². The van der Waals surface area contributed by atoms with Crippen molar-refractivity contribution in [3.8, 4) is 0 Å². The van der Waals surface area contributed by atoms with Crippen molar-refractivity contribution in [3.05, 3.63) is 29.8 Å². The van der Waals surface area contributed by atoms with E-state index in [2.05, 4.69) is 29.6 Å². The molecular weight excluding hydrogens is 174 g/mol. The van der Waals surface area contributed by atoms with E-state index >= 15 is 0 Å². The van der Waals surface area contributed by atoms with Crippen molar-refractivity contribution in [2.75, 3.05) is 5.32 Å². The Bertz CT molecular complexity index is 350. The Labute approximate surface area is 84.0 Å². The molecule has 3 atom stereocenters. The van der Waals surface area contributed by atoms with Crippen molar-refractivity contribution in [3.63, 3.8) is 0 Å². The fourth-order valence-electron chi connectivity index (χ4n) is 2.83. The number of fused-ring (bicyclic) bond motifs is 3. The molecule has 2 aliphatic rings.